The average molecular weight is 751 g/mol. The van der Waals surface area contributed by atoms with Crippen LogP contribution in [0.15, 0.2) is 0 Å². The number of rotatable bonds is 22. The molecule has 0 aromatic rings. The Morgan fingerprint density at radius 2 is 1.38 bits per heavy atom. The number of carbonyl (C=O) groups is 4. The fourth-order valence-corrected chi connectivity index (χ4v) is 11.1. The molecule has 11 nitrogen and oxygen atoms in total. The largest absolute Gasteiger partial charge is 0.481 e. The molecule has 304 valence electrons. The lowest BCUT2D eigenvalue weighted by molar-refractivity contribution is -0.209. The van der Waals surface area contributed by atoms with E-state index in [1.807, 2.05) is 0 Å². The van der Waals surface area contributed by atoms with E-state index in [0.29, 0.717) is 38.5 Å². The number of unbranched alkanes of at least 4 members (excludes halogenated alkanes) is 6. The predicted octanol–water partition coefficient (Wildman–Crippen LogP) is 7.02. The van der Waals surface area contributed by atoms with Crippen LogP contribution in [-0.4, -0.2) is 83.9 Å². The van der Waals surface area contributed by atoms with Gasteiger partial charge in [-0.05, 0) is 104 Å². The number of ether oxygens (including phenoxy) is 4. The molecule has 4 rings (SSSR count). The highest BCUT2D eigenvalue weighted by Gasteiger charge is 2.65. The molecule has 4 saturated carbocycles. The summed E-state index contributed by atoms with van der Waals surface area (Å²) < 4.78 is 21.6. The van der Waals surface area contributed by atoms with Crippen molar-refractivity contribution in [3.05, 3.63) is 0 Å². The second-order valence-corrected chi connectivity index (χ2v) is 17.3. The molecule has 11 heteroatoms. The third-order valence-electron chi connectivity index (χ3n) is 14.1. The van der Waals surface area contributed by atoms with Crippen molar-refractivity contribution in [2.45, 2.75) is 168 Å². The van der Waals surface area contributed by atoms with Crippen LogP contribution in [0.5, 0.6) is 0 Å². The summed E-state index contributed by atoms with van der Waals surface area (Å²) in [6.45, 7) is 9.42. The van der Waals surface area contributed by atoms with Crippen LogP contribution in [0.3, 0.4) is 0 Å². The number of carboxylic acids is 1. The van der Waals surface area contributed by atoms with Gasteiger partial charge in [-0.1, -0.05) is 66.2 Å². The van der Waals surface area contributed by atoms with E-state index in [0.717, 1.165) is 38.5 Å². The summed E-state index contributed by atoms with van der Waals surface area (Å²) >= 11 is 0. The van der Waals surface area contributed by atoms with Crippen LogP contribution in [-0.2, 0) is 38.1 Å². The molecule has 0 radical (unpaired) electrons. The predicted molar refractivity (Wildman–Crippen MR) is 198 cm³/mol. The molecule has 0 spiro atoms. The minimum Gasteiger partial charge on any atom is -0.481 e. The van der Waals surface area contributed by atoms with Crippen molar-refractivity contribution in [1.29, 1.82) is 0 Å². The molecule has 0 unspecified atom stereocenters. The van der Waals surface area contributed by atoms with Gasteiger partial charge >= 0.3 is 23.9 Å². The highest BCUT2D eigenvalue weighted by atomic mass is 16.6. The first kappa shape index (κ1) is 43.5. The van der Waals surface area contributed by atoms with E-state index in [9.17, 15) is 34.5 Å². The van der Waals surface area contributed by atoms with Crippen molar-refractivity contribution in [2.75, 3.05) is 26.4 Å². The monoisotopic (exact) mass is 750 g/mol. The summed E-state index contributed by atoms with van der Waals surface area (Å²) in [5.41, 5.74) is -0.421. The first-order valence-corrected chi connectivity index (χ1v) is 21.0. The SMILES string of the molecule is CCCCCCCCCC(=O)OCCOCCOC(=O)CCC(=O)O[C@@H]1CC[C@@]2(C)[C@@H](C1)C[C@@H](O)[C@@H]1[C@@H]2C[C@H](O)[C@]2(C)[C@@H]([C@H](C)CCC(=O)O)CC[C@@H]12. The van der Waals surface area contributed by atoms with E-state index in [-0.39, 0.29) is 104 Å². The van der Waals surface area contributed by atoms with Gasteiger partial charge in [-0.3, -0.25) is 19.2 Å². The van der Waals surface area contributed by atoms with Crippen LogP contribution in [0, 0.1) is 46.3 Å². The summed E-state index contributed by atoms with van der Waals surface area (Å²) in [7, 11) is 0. The van der Waals surface area contributed by atoms with Gasteiger partial charge in [-0.25, -0.2) is 0 Å². The third-order valence-corrected chi connectivity index (χ3v) is 14.1. The van der Waals surface area contributed by atoms with Crippen LogP contribution in [0.4, 0.5) is 0 Å². The Balaban J connectivity index is 1.11. The summed E-state index contributed by atoms with van der Waals surface area (Å²) in [4.78, 5) is 48.1. The van der Waals surface area contributed by atoms with Crippen molar-refractivity contribution in [3.63, 3.8) is 0 Å². The Labute approximate surface area is 317 Å². The molecule has 0 bridgehead atoms. The first-order chi connectivity index (χ1) is 25.3. The number of aliphatic carboxylic acids is 1. The van der Waals surface area contributed by atoms with E-state index < -0.39 is 30.1 Å². The third kappa shape index (κ3) is 11.4. The van der Waals surface area contributed by atoms with Gasteiger partial charge in [-0.15, -0.1) is 0 Å². The van der Waals surface area contributed by atoms with Gasteiger partial charge in [0.15, 0.2) is 0 Å². The zero-order chi connectivity index (χ0) is 38.6. The standard InChI is InChI=1S/C42H70O11/c1-5-6-7-8-9-10-11-12-37(47)51-23-21-50-22-24-52-38(48)17-18-39(49)53-30-19-20-41(3)29(25-30)26-34(43)40-32-15-14-31(28(2)13-16-36(45)46)42(32,4)35(44)27-33(40)41/h28-35,40,43-44H,5-27H2,1-4H3,(H,45,46)/t28-,29+,30-,31-,32+,33+,34-,35+,40+,41+,42-/m1/s1. The van der Waals surface area contributed by atoms with Gasteiger partial charge in [0.05, 0.1) is 38.3 Å². The Kier molecular flexibility index (Phi) is 16.9. The summed E-state index contributed by atoms with van der Waals surface area (Å²) in [6.07, 6.45) is 13.1. The van der Waals surface area contributed by atoms with E-state index in [1.165, 1.54) is 25.7 Å². The van der Waals surface area contributed by atoms with Crippen molar-refractivity contribution in [2.24, 2.45) is 46.3 Å². The summed E-state index contributed by atoms with van der Waals surface area (Å²) in [5, 5.41) is 32.7. The number of carbonyl (C=O) groups excluding carboxylic acids is 3. The maximum absolute atomic E-state index is 12.7. The van der Waals surface area contributed by atoms with Crippen molar-refractivity contribution in [3.8, 4) is 0 Å². The lowest BCUT2D eigenvalue weighted by atomic mass is 9.43. The van der Waals surface area contributed by atoms with E-state index in [2.05, 4.69) is 27.7 Å². The molecule has 3 N–H and O–H groups in total. The number of aliphatic hydroxyl groups is 2. The molecule has 0 heterocycles. The van der Waals surface area contributed by atoms with Gasteiger partial charge < -0.3 is 34.3 Å². The molecule has 4 aliphatic rings. The molecular weight excluding hydrogens is 680 g/mol. The lowest BCUT2D eigenvalue weighted by Crippen LogP contribution is -2.62. The van der Waals surface area contributed by atoms with Gasteiger partial charge in [0, 0.05) is 12.8 Å². The second-order valence-electron chi connectivity index (χ2n) is 17.3. The van der Waals surface area contributed by atoms with Crippen molar-refractivity contribution in [1.82, 2.24) is 0 Å². The smallest absolute Gasteiger partial charge is 0.306 e. The summed E-state index contributed by atoms with van der Waals surface area (Å²) in [6, 6.07) is 0. The highest BCUT2D eigenvalue weighted by Crippen LogP contribution is 2.68. The fraction of sp³-hybridized carbons (Fsp3) is 0.905. The van der Waals surface area contributed by atoms with Gasteiger partial charge in [0.1, 0.15) is 19.3 Å². The maximum Gasteiger partial charge on any atom is 0.306 e. The maximum atomic E-state index is 12.7. The number of hydrogen-bond acceptors (Lipinski definition) is 10. The summed E-state index contributed by atoms with van der Waals surface area (Å²) in [5.74, 6) is -0.902. The lowest BCUT2D eigenvalue weighted by Gasteiger charge is -2.63. The van der Waals surface area contributed by atoms with Gasteiger partial charge in [0.25, 0.3) is 0 Å². The van der Waals surface area contributed by atoms with Gasteiger partial charge in [-0.2, -0.15) is 0 Å². The normalized spacial score (nSPS) is 33.9. The van der Waals surface area contributed by atoms with Crippen LogP contribution in [0.2, 0.25) is 0 Å². The number of hydrogen-bond donors (Lipinski definition) is 3. The van der Waals surface area contributed by atoms with Crippen LogP contribution in [0.1, 0.15) is 150 Å². The number of fused-ring (bicyclic) bond motifs is 5. The topological polar surface area (TPSA) is 166 Å². The first-order valence-electron chi connectivity index (χ1n) is 21.0. The molecule has 53 heavy (non-hydrogen) atoms. The van der Waals surface area contributed by atoms with Crippen LogP contribution in [0.25, 0.3) is 0 Å². The van der Waals surface area contributed by atoms with Gasteiger partial charge in [0.2, 0.25) is 0 Å². The molecule has 4 fully saturated rings. The zero-order valence-corrected chi connectivity index (χ0v) is 33.1. The average Bonchev–Trinajstić information content (AvgIpc) is 3.48. The number of carboxylic acid groups (broad SMARTS) is 1. The molecule has 0 aromatic heterocycles. The molecule has 11 atom stereocenters. The second kappa shape index (κ2) is 20.6. The van der Waals surface area contributed by atoms with Crippen molar-refractivity contribution >= 4 is 23.9 Å². The van der Waals surface area contributed by atoms with E-state index >= 15 is 0 Å². The molecule has 0 aromatic carbocycles. The quantitative estimate of drug-likeness (QED) is 0.0591. The Bertz CT molecular complexity index is 1190. The Hall–Kier alpha value is -2.24. The molecule has 4 aliphatic carbocycles. The number of aliphatic hydroxyl groups excluding tert-OH is 2. The van der Waals surface area contributed by atoms with E-state index in [1.54, 1.807) is 0 Å². The zero-order valence-electron chi connectivity index (χ0n) is 33.1. The molecule has 0 aliphatic heterocycles. The molecular formula is C42H70O11. The minimum atomic E-state index is -0.786. The Morgan fingerprint density at radius 3 is 2.06 bits per heavy atom. The molecule has 0 amide bonds. The number of esters is 3. The van der Waals surface area contributed by atoms with Crippen molar-refractivity contribution < 1.29 is 53.4 Å². The Morgan fingerprint density at radius 1 is 0.736 bits per heavy atom. The highest BCUT2D eigenvalue weighted by molar-refractivity contribution is 5.77. The minimum absolute atomic E-state index is 0.0480. The molecule has 0 saturated heterocycles. The van der Waals surface area contributed by atoms with Crippen LogP contribution >= 0.6 is 0 Å². The van der Waals surface area contributed by atoms with Crippen LogP contribution < -0.4 is 0 Å². The fourth-order valence-electron chi connectivity index (χ4n) is 11.1. The van der Waals surface area contributed by atoms with E-state index in [4.69, 9.17) is 18.9 Å².